The van der Waals surface area contributed by atoms with Crippen LogP contribution < -0.4 is 5.73 Å². The van der Waals surface area contributed by atoms with Crippen molar-refractivity contribution in [3.8, 4) is 11.3 Å². The van der Waals surface area contributed by atoms with Crippen molar-refractivity contribution in [1.82, 2.24) is 9.97 Å². The van der Waals surface area contributed by atoms with Crippen molar-refractivity contribution >= 4 is 33.1 Å². The highest BCUT2D eigenvalue weighted by Gasteiger charge is 2.07. The van der Waals surface area contributed by atoms with Crippen LogP contribution >= 0.6 is 27.3 Å². The number of hydrogen-bond acceptors (Lipinski definition) is 4. The Labute approximate surface area is 94.1 Å². The highest BCUT2D eigenvalue weighted by Crippen LogP contribution is 2.27. The number of hydrogen-bond donors (Lipinski definition) is 1. The maximum absolute atomic E-state index is 5.76. The molecular formula is C9H8BrN3S. The fourth-order valence-electron chi connectivity index (χ4n) is 1.14. The van der Waals surface area contributed by atoms with E-state index in [2.05, 4.69) is 25.9 Å². The third-order valence-electron chi connectivity index (χ3n) is 1.78. The van der Waals surface area contributed by atoms with Crippen LogP contribution in [0.3, 0.4) is 0 Å². The van der Waals surface area contributed by atoms with Crippen molar-refractivity contribution in [1.29, 1.82) is 0 Å². The van der Waals surface area contributed by atoms with Crippen LogP contribution in [0, 0.1) is 6.92 Å². The van der Waals surface area contributed by atoms with Gasteiger partial charge in [-0.2, -0.15) is 0 Å². The zero-order chi connectivity index (χ0) is 10.1. The minimum atomic E-state index is 0.513. The summed E-state index contributed by atoms with van der Waals surface area (Å²) in [5.74, 6) is 0.513. The predicted molar refractivity (Wildman–Crippen MR) is 62.2 cm³/mol. The van der Waals surface area contributed by atoms with Gasteiger partial charge in [-0.05, 0) is 28.9 Å². The molecule has 2 rings (SSSR count). The van der Waals surface area contributed by atoms with E-state index in [1.807, 2.05) is 18.4 Å². The maximum Gasteiger partial charge on any atom is 0.132 e. The average Bonchev–Trinajstić information content (AvgIpc) is 2.56. The first-order valence-corrected chi connectivity index (χ1v) is 5.67. The first-order chi connectivity index (χ1) is 6.66. The van der Waals surface area contributed by atoms with E-state index in [-0.39, 0.29) is 0 Å². The van der Waals surface area contributed by atoms with Gasteiger partial charge in [0.15, 0.2) is 0 Å². The van der Waals surface area contributed by atoms with Crippen molar-refractivity contribution in [2.75, 3.05) is 5.73 Å². The molecule has 3 nitrogen and oxygen atoms in total. The lowest BCUT2D eigenvalue weighted by Crippen LogP contribution is -1.93. The van der Waals surface area contributed by atoms with Gasteiger partial charge in [-0.15, -0.1) is 11.3 Å². The van der Waals surface area contributed by atoms with E-state index in [0.717, 1.165) is 20.7 Å². The maximum atomic E-state index is 5.76. The van der Waals surface area contributed by atoms with Gasteiger partial charge in [0.25, 0.3) is 0 Å². The van der Waals surface area contributed by atoms with Crippen molar-refractivity contribution in [2.24, 2.45) is 0 Å². The number of nitrogens with two attached hydrogens (primary N) is 1. The molecule has 2 N–H and O–H groups in total. The van der Waals surface area contributed by atoms with Crippen LogP contribution in [0.4, 0.5) is 5.82 Å². The second-order valence-electron chi connectivity index (χ2n) is 2.84. The quantitative estimate of drug-likeness (QED) is 0.866. The number of anilines is 1. The Bertz CT molecular complexity index is 467. The third-order valence-corrected chi connectivity index (χ3v) is 2.99. The number of pyridine rings is 1. The van der Waals surface area contributed by atoms with Gasteiger partial charge in [-0.3, -0.25) is 0 Å². The van der Waals surface area contributed by atoms with Crippen LogP contribution in [0.25, 0.3) is 11.3 Å². The lowest BCUT2D eigenvalue weighted by atomic mass is 10.2. The molecule has 5 heteroatoms. The molecule has 0 aromatic carbocycles. The van der Waals surface area contributed by atoms with E-state index in [4.69, 9.17) is 5.73 Å². The van der Waals surface area contributed by atoms with Crippen molar-refractivity contribution < 1.29 is 0 Å². The predicted octanol–water partition coefficient (Wildman–Crippen LogP) is 2.86. The van der Waals surface area contributed by atoms with Crippen LogP contribution in [-0.4, -0.2) is 9.97 Å². The Balaban J connectivity index is 2.55. The number of nitrogens with zero attached hydrogens (tertiary/aromatic N) is 2. The number of nitrogen functional groups attached to an aromatic ring is 1. The van der Waals surface area contributed by atoms with Crippen LogP contribution in [-0.2, 0) is 0 Å². The van der Waals surface area contributed by atoms with Crippen LogP contribution in [0.1, 0.15) is 5.01 Å². The van der Waals surface area contributed by atoms with E-state index in [0.29, 0.717) is 5.82 Å². The fourth-order valence-corrected chi connectivity index (χ4v) is 2.09. The zero-order valence-electron chi connectivity index (χ0n) is 7.49. The summed E-state index contributed by atoms with van der Waals surface area (Å²) in [4.78, 5) is 8.42. The van der Waals surface area contributed by atoms with E-state index >= 15 is 0 Å². The molecule has 0 bridgehead atoms. The monoisotopic (exact) mass is 269 g/mol. The lowest BCUT2D eigenvalue weighted by molar-refractivity contribution is 1.27. The molecule has 0 aliphatic carbocycles. The van der Waals surface area contributed by atoms with Gasteiger partial charge in [0.2, 0.25) is 0 Å². The minimum absolute atomic E-state index is 0.513. The van der Waals surface area contributed by atoms with Gasteiger partial charge in [0.1, 0.15) is 5.82 Å². The zero-order valence-corrected chi connectivity index (χ0v) is 9.89. The van der Waals surface area contributed by atoms with Gasteiger partial charge < -0.3 is 5.73 Å². The number of aryl methyl sites for hydroxylation is 1. The fraction of sp³-hybridized carbons (Fsp3) is 0.111. The Kier molecular flexibility index (Phi) is 2.52. The normalized spacial score (nSPS) is 10.4. The Morgan fingerprint density at radius 2 is 2.29 bits per heavy atom. The van der Waals surface area contributed by atoms with E-state index < -0.39 is 0 Å². The summed E-state index contributed by atoms with van der Waals surface area (Å²) in [6.45, 7) is 1.97. The Morgan fingerprint density at radius 3 is 2.93 bits per heavy atom. The Morgan fingerprint density at radius 1 is 1.50 bits per heavy atom. The molecule has 0 aliphatic rings. The summed E-state index contributed by atoms with van der Waals surface area (Å²) in [5, 5.41) is 3.01. The molecule has 72 valence electrons. The summed E-state index contributed by atoms with van der Waals surface area (Å²) in [6.07, 6.45) is 1.68. The number of thiazole rings is 1. The molecule has 0 unspecified atom stereocenters. The summed E-state index contributed by atoms with van der Waals surface area (Å²) < 4.78 is 0.910. The average molecular weight is 270 g/mol. The number of aromatic nitrogens is 2. The Hall–Kier alpha value is -0.940. The molecule has 2 heterocycles. The standard InChI is InChI=1S/C9H8BrN3S/c1-5-13-8(4-14-5)7-2-6(10)3-12-9(7)11/h2-4H,1H3,(H2,11,12). The lowest BCUT2D eigenvalue weighted by Gasteiger charge is -2.01. The topological polar surface area (TPSA) is 51.8 Å². The van der Waals surface area contributed by atoms with Crippen molar-refractivity contribution in [3.05, 3.63) is 27.1 Å². The molecule has 0 saturated carbocycles. The van der Waals surface area contributed by atoms with Gasteiger partial charge in [-0.25, -0.2) is 9.97 Å². The molecule has 2 aromatic heterocycles. The minimum Gasteiger partial charge on any atom is -0.383 e. The summed E-state index contributed by atoms with van der Waals surface area (Å²) >= 11 is 4.96. The molecule has 0 radical (unpaired) electrons. The second-order valence-corrected chi connectivity index (χ2v) is 4.82. The highest BCUT2D eigenvalue weighted by atomic mass is 79.9. The van der Waals surface area contributed by atoms with Crippen molar-refractivity contribution in [3.63, 3.8) is 0 Å². The van der Waals surface area contributed by atoms with Crippen LogP contribution in [0.15, 0.2) is 22.1 Å². The van der Waals surface area contributed by atoms with E-state index in [1.165, 1.54) is 0 Å². The first kappa shape index (κ1) is 9.61. The molecule has 0 atom stereocenters. The molecule has 0 spiro atoms. The van der Waals surface area contributed by atoms with E-state index in [9.17, 15) is 0 Å². The molecule has 2 aromatic rings. The van der Waals surface area contributed by atoms with Crippen LogP contribution in [0.5, 0.6) is 0 Å². The number of halogens is 1. The van der Waals surface area contributed by atoms with Gasteiger partial charge >= 0.3 is 0 Å². The third kappa shape index (κ3) is 1.78. The van der Waals surface area contributed by atoms with Crippen molar-refractivity contribution in [2.45, 2.75) is 6.92 Å². The van der Waals surface area contributed by atoms with Crippen LogP contribution in [0.2, 0.25) is 0 Å². The molecule has 0 amide bonds. The smallest absolute Gasteiger partial charge is 0.132 e. The SMILES string of the molecule is Cc1nc(-c2cc(Br)cnc2N)cs1. The molecule has 0 aliphatic heterocycles. The summed E-state index contributed by atoms with van der Waals surface area (Å²) in [5.41, 5.74) is 7.53. The second kappa shape index (κ2) is 3.67. The summed E-state index contributed by atoms with van der Waals surface area (Å²) in [6, 6.07) is 1.93. The highest BCUT2D eigenvalue weighted by molar-refractivity contribution is 9.10. The molecule has 0 saturated heterocycles. The molecule has 14 heavy (non-hydrogen) atoms. The largest absolute Gasteiger partial charge is 0.383 e. The van der Waals surface area contributed by atoms with Gasteiger partial charge in [-0.1, -0.05) is 0 Å². The summed E-state index contributed by atoms with van der Waals surface area (Å²) in [7, 11) is 0. The first-order valence-electron chi connectivity index (χ1n) is 4.00. The molecule has 0 fully saturated rings. The van der Waals surface area contributed by atoms with Gasteiger partial charge in [0, 0.05) is 21.6 Å². The van der Waals surface area contributed by atoms with Gasteiger partial charge in [0.05, 0.1) is 10.7 Å². The number of rotatable bonds is 1. The molecular weight excluding hydrogens is 262 g/mol. The van der Waals surface area contributed by atoms with E-state index in [1.54, 1.807) is 17.5 Å².